The van der Waals surface area contributed by atoms with Gasteiger partial charge in [0.15, 0.2) is 0 Å². The van der Waals surface area contributed by atoms with Gasteiger partial charge in [-0.2, -0.15) is 5.26 Å². The first-order valence-corrected chi connectivity index (χ1v) is 4.57. The summed E-state index contributed by atoms with van der Waals surface area (Å²) >= 11 is 1.56. The molecular formula is C9H8FNS. The quantitative estimate of drug-likeness (QED) is 0.529. The van der Waals surface area contributed by atoms with Crippen LogP contribution in [0.1, 0.15) is 6.42 Å². The van der Waals surface area contributed by atoms with Gasteiger partial charge in [-0.25, -0.2) is 4.39 Å². The summed E-state index contributed by atoms with van der Waals surface area (Å²) in [7, 11) is 0. The smallest absolute Gasteiger partial charge is 0.123 e. The van der Waals surface area contributed by atoms with Crippen molar-refractivity contribution < 1.29 is 4.39 Å². The third kappa shape index (κ3) is 2.93. The van der Waals surface area contributed by atoms with Gasteiger partial charge in [-0.05, 0) is 24.3 Å². The maximum absolute atomic E-state index is 12.4. The number of nitrogens with zero attached hydrogens (tertiary/aromatic N) is 1. The van der Waals surface area contributed by atoms with E-state index in [1.54, 1.807) is 23.9 Å². The van der Waals surface area contributed by atoms with Gasteiger partial charge in [0, 0.05) is 17.1 Å². The van der Waals surface area contributed by atoms with Crippen LogP contribution in [0.3, 0.4) is 0 Å². The lowest BCUT2D eigenvalue weighted by Crippen LogP contribution is -1.77. The maximum atomic E-state index is 12.4. The second-order valence-electron chi connectivity index (χ2n) is 2.21. The van der Waals surface area contributed by atoms with Crippen molar-refractivity contribution in [3.8, 4) is 6.07 Å². The molecular weight excluding hydrogens is 173 g/mol. The zero-order valence-electron chi connectivity index (χ0n) is 6.46. The van der Waals surface area contributed by atoms with E-state index in [0.29, 0.717) is 6.42 Å². The van der Waals surface area contributed by atoms with Gasteiger partial charge < -0.3 is 0 Å². The van der Waals surface area contributed by atoms with Crippen LogP contribution >= 0.6 is 11.8 Å². The van der Waals surface area contributed by atoms with Crippen LogP contribution in [0.15, 0.2) is 29.2 Å². The average molecular weight is 181 g/mol. The third-order valence-corrected chi connectivity index (χ3v) is 2.31. The Kier molecular flexibility index (Phi) is 3.62. The summed E-state index contributed by atoms with van der Waals surface area (Å²) in [6.07, 6.45) is 0.530. The SMILES string of the molecule is N#CCCSc1ccc(F)cc1. The first-order chi connectivity index (χ1) is 5.83. The van der Waals surface area contributed by atoms with E-state index in [0.717, 1.165) is 10.6 Å². The Bertz CT molecular complexity index is 276. The molecule has 3 heteroatoms. The molecule has 62 valence electrons. The first-order valence-electron chi connectivity index (χ1n) is 3.58. The summed E-state index contributed by atoms with van der Waals surface area (Å²) in [5.41, 5.74) is 0. The molecule has 0 amide bonds. The van der Waals surface area contributed by atoms with Crippen molar-refractivity contribution >= 4 is 11.8 Å². The van der Waals surface area contributed by atoms with Crippen LogP contribution in [-0.2, 0) is 0 Å². The number of hydrogen-bond acceptors (Lipinski definition) is 2. The van der Waals surface area contributed by atoms with Crippen LogP contribution < -0.4 is 0 Å². The molecule has 1 aromatic rings. The van der Waals surface area contributed by atoms with Crippen LogP contribution in [0.5, 0.6) is 0 Å². The van der Waals surface area contributed by atoms with Crippen LogP contribution in [0.4, 0.5) is 4.39 Å². The number of thioether (sulfide) groups is 1. The van der Waals surface area contributed by atoms with Crippen molar-refractivity contribution in [2.45, 2.75) is 11.3 Å². The van der Waals surface area contributed by atoms with Gasteiger partial charge in [0.05, 0.1) is 6.07 Å². The van der Waals surface area contributed by atoms with Crippen molar-refractivity contribution in [2.75, 3.05) is 5.75 Å². The van der Waals surface area contributed by atoms with Crippen LogP contribution in [0, 0.1) is 17.1 Å². The van der Waals surface area contributed by atoms with Crippen LogP contribution in [-0.4, -0.2) is 5.75 Å². The number of halogens is 1. The number of rotatable bonds is 3. The highest BCUT2D eigenvalue weighted by Crippen LogP contribution is 2.18. The highest BCUT2D eigenvalue weighted by Gasteiger charge is 1.93. The second-order valence-corrected chi connectivity index (χ2v) is 3.38. The molecule has 0 bridgehead atoms. The predicted octanol–water partition coefficient (Wildman–Crippen LogP) is 2.83. The molecule has 0 radical (unpaired) electrons. The standard InChI is InChI=1S/C9H8FNS/c10-8-2-4-9(5-3-8)12-7-1-6-11/h2-5H,1,7H2. The monoisotopic (exact) mass is 181 g/mol. The van der Waals surface area contributed by atoms with Crippen molar-refractivity contribution in [2.24, 2.45) is 0 Å². The number of benzene rings is 1. The Balaban J connectivity index is 2.43. The predicted molar refractivity (Wildman–Crippen MR) is 47.4 cm³/mol. The lowest BCUT2D eigenvalue weighted by atomic mass is 10.4. The van der Waals surface area contributed by atoms with Gasteiger partial charge in [0.2, 0.25) is 0 Å². The molecule has 0 saturated heterocycles. The van der Waals surface area contributed by atoms with Crippen molar-refractivity contribution in [3.05, 3.63) is 30.1 Å². The molecule has 0 saturated carbocycles. The molecule has 0 heterocycles. The van der Waals surface area contributed by atoms with E-state index in [2.05, 4.69) is 6.07 Å². The molecule has 1 rings (SSSR count). The molecule has 0 atom stereocenters. The first kappa shape index (κ1) is 9.08. The topological polar surface area (TPSA) is 23.8 Å². The normalized spacial score (nSPS) is 9.33. The molecule has 1 aromatic carbocycles. The van der Waals surface area contributed by atoms with E-state index >= 15 is 0 Å². The lowest BCUT2D eigenvalue weighted by molar-refractivity contribution is 0.626. The zero-order chi connectivity index (χ0) is 8.81. The molecule has 0 N–H and O–H groups in total. The summed E-state index contributed by atoms with van der Waals surface area (Å²) in [5, 5.41) is 8.27. The van der Waals surface area contributed by atoms with Crippen molar-refractivity contribution in [1.82, 2.24) is 0 Å². The summed E-state index contributed by atoms with van der Waals surface area (Å²) in [6.45, 7) is 0. The van der Waals surface area contributed by atoms with E-state index in [1.165, 1.54) is 12.1 Å². The molecule has 12 heavy (non-hydrogen) atoms. The Morgan fingerprint density at radius 2 is 2.00 bits per heavy atom. The minimum atomic E-state index is -0.223. The fourth-order valence-corrected chi connectivity index (χ4v) is 1.50. The molecule has 0 spiro atoms. The Labute approximate surface area is 75.2 Å². The van der Waals surface area contributed by atoms with E-state index < -0.39 is 0 Å². The van der Waals surface area contributed by atoms with Crippen LogP contribution in [0.25, 0.3) is 0 Å². The van der Waals surface area contributed by atoms with Gasteiger partial charge >= 0.3 is 0 Å². The molecule has 0 fully saturated rings. The number of nitriles is 1. The second kappa shape index (κ2) is 4.78. The zero-order valence-corrected chi connectivity index (χ0v) is 7.27. The van der Waals surface area contributed by atoms with Gasteiger partial charge in [0.25, 0.3) is 0 Å². The molecule has 0 aliphatic carbocycles. The summed E-state index contributed by atoms with van der Waals surface area (Å²) < 4.78 is 12.4. The summed E-state index contributed by atoms with van der Waals surface area (Å²) in [5.74, 6) is 0.543. The summed E-state index contributed by atoms with van der Waals surface area (Å²) in [4.78, 5) is 1.01. The van der Waals surface area contributed by atoms with E-state index in [9.17, 15) is 4.39 Å². The Morgan fingerprint density at radius 1 is 1.33 bits per heavy atom. The minimum absolute atomic E-state index is 0.223. The minimum Gasteiger partial charge on any atom is -0.207 e. The van der Waals surface area contributed by atoms with Gasteiger partial charge in [-0.3, -0.25) is 0 Å². The molecule has 0 unspecified atom stereocenters. The largest absolute Gasteiger partial charge is 0.207 e. The van der Waals surface area contributed by atoms with Gasteiger partial charge in [0.1, 0.15) is 5.82 Å². The van der Waals surface area contributed by atoms with E-state index in [1.807, 2.05) is 0 Å². The Hall–Kier alpha value is -1.01. The Morgan fingerprint density at radius 3 is 2.58 bits per heavy atom. The summed E-state index contributed by atoms with van der Waals surface area (Å²) in [6, 6.07) is 8.34. The van der Waals surface area contributed by atoms with Crippen LogP contribution in [0.2, 0.25) is 0 Å². The number of hydrogen-bond donors (Lipinski definition) is 0. The van der Waals surface area contributed by atoms with Gasteiger partial charge in [-0.1, -0.05) is 0 Å². The molecule has 0 aliphatic rings. The van der Waals surface area contributed by atoms with E-state index in [-0.39, 0.29) is 5.82 Å². The average Bonchev–Trinajstić information content (AvgIpc) is 2.09. The van der Waals surface area contributed by atoms with Gasteiger partial charge in [-0.15, -0.1) is 11.8 Å². The van der Waals surface area contributed by atoms with Crippen molar-refractivity contribution in [1.29, 1.82) is 5.26 Å². The fraction of sp³-hybridized carbons (Fsp3) is 0.222. The maximum Gasteiger partial charge on any atom is 0.123 e. The van der Waals surface area contributed by atoms with E-state index in [4.69, 9.17) is 5.26 Å². The molecule has 1 nitrogen and oxygen atoms in total. The molecule has 0 aliphatic heterocycles. The van der Waals surface area contributed by atoms with Crippen molar-refractivity contribution in [3.63, 3.8) is 0 Å². The highest BCUT2D eigenvalue weighted by atomic mass is 32.2. The fourth-order valence-electron chi connectivity index (χ4n) is 0.745. The highest BCUT2D eigenvalue weighted by molar-refractivity contribution is 7.99. The third-order valence-electron chi connectivity index (χ3n) is 1.30. The lowest BCUT2D eigenvalue weighted by Gasteiger charge is -1.96. The molecule has 0 aromatic heterocycles.